The number of aromatic nitrogens is 1. The summed E-state index contributed by atoms with van der Waals surface area (Å²) in [5.41, 5.74) is -1.88. The molecule has 3 rings (SSSR count). The van der Waals surface area contributed by atoms with Crippen LogP contribution < -0.4 is 15.2 Å². The van der Waals surface area contributed by atoms with E-state index < -0.39 is 44.8 Å². The molecule has 0 spiro atoms. The number of anilines is 2. The Kier molecular flexibility index (Phi) is 7.83. The van der Waals surface area contributed by atoms with Gasteiger partial charge >= 0.3 is 6.18 Å². The third kappa shape index (κ3) is 5.98. The number of alkyl halides is 3. The van der Waals surface area contributed by atoms with E-state index in [1.54, 1.807) is 37.3 Å². The van der Waals surface area contributed by atoms with E-state index in [4.69, 9.17) is 23.2 Å². The Morgan fingerprint density at radius 2 is 1.71 bits per heavy atom. The van der Waals surface area contributed by atoms with Crippen molar-refractivity contribution in [2.24, 2.45) is 0 Å². The Morgan fingerprint density at radius 1 is 1.06 bits per heavy atom. The van der Waals surface area contributed by atoms with E-state index in [0.29, 0.717) is 22.5 Å². The first-order chi connectivity index (χ1) is 16.3. The summed E-state index contributed by atoms with van der Waals surface area (Å²) in [6.07, 6.45) is -4.32. The first kappa shape index (κ1) is 26.6. The van der Waals surface area contributed by atoms with Crippen LogP contribution in [0.5, 0.6) is 0 Å². The molecule has 13 heteroatoms. The minimum absolute atomic E-state index is 0.0190. The highest BCUT2D eigenvalue weighted by Crippen LogP contribution is 2.31. The molecule has 186 valence electrons. The lowest BCUT2D eigenvalue weighted by Crippen LogP contribution is -2.31. The lowest BCUT2D eigenvalue weighted by Gasteiger charge is -2.23. The predicted octanol–water partition coefficient (Wildman–Crippen LogP) is 5.03. The minimum Gasteiger partial charge on any atom is -0.323 e. The monoisotopic (exact) mass is 547 g/mol. The maximum Gasteiger partial charge on any atom is 0.417 e. The maximum atomic E-state index is 13.2. The Bertz CT molecular complexity index is 1410. The van der Waals surface area contributed by atoms with Crippen LogP contribution in [0.3, 0.4) is 0 Å². The van der Waals surface area contributed by atoms with Crippen LogP contribution >= 0.6 is 23.2 Å². The van der Waals surface area contributed by atoms with Gasteiger partial charge in [0.15, 0.2) is 0 Å². The SMILES string of the molecule is CCN(c1ccccc1)S(=O)(=O)c1ccc(Cl)c(NC(=O)Cn2cc(C(F)(F)F)cc(Cl)c2=O)c1. The van der Waals surface area contributed by atoms with Crippen molar-refractivity contribution in [3.05, 3.63) is 86.8 Å². The average Bonchev–Trinajstić information content (AvgIpc) is 2.78. The number of hydrogen-bond donors (Lipinski definition) is 1. The molecule has 0 aliphatic rings. The van der Waals surface area contributed by atoms with Crippen LogP contribution in [0.25, 0.3) is 0 Å². The molecule has 0 atom stereocenters. The molecule has 2 aromatic carbocycles. The molecule has 0 unspecified atom stereocenters. The molecule has 0 saturated heterocycles. The molecular formula is C22H18Cl2F3N3O4S. The molecule has 0 aliphatic carbocycles. The van der Waals surface area contributed by atoms with Crippen molar-refractivity contribution in [3.8, 4) is 0 Å². The summed E-state index contributed by atoms with van der Waals surface area (Å²) < 4.78 is 67.2. The van der Waals surface area contributed by atoms with Crippen molar-refractivity contribution >= 4 is 50.5 Å². The van der Waals surface area contributed by atoms with Gasteiger partial charge in [0.05, 0.1) is 26.9 Å². The van der Waals surface area contributed by atoms with Gasteiger partial charge in [0, 0.05) is 12.7 Å². The summed E-state index contributed by atoms with van der Waals surface area (Å²) >= 11 is 11.7. The van der Waals surface area contributed by atoms with E-state index in [0.717, 1.165) is 10.4 Å². The van der Waals surface area contributed by atoms with Crippen molar-refractivity contribution in [2.75, 3.05) is 16.2 Å². The number of pyridine rings is 1. The number of para-hydroxylation sites is 1. The molecule has 1 amide bonds. The summed E-state index contributed by atoms with van der Waals surface area (Å²) in [5, 5.41) is 1.61. The second kappa shape index (κ2) is 10.3. The molecule has 0 fully saturated rings. The lowest BCUT2D eigenvalue weighted by atomic mass is 10.2. The molecule has 1 heterocycles. The number of benzene rings is 2. The summed E-state index contributed by atoms with van der Waals surface area (Å²) in [6.45, 7) is 0.956. The number of carbonyl (C=O) groups is 1. The van der Waals surface area contributed by atoms with E-state index in [2.05, 4.69) is 5.32 Å². The van der Waals surface area contributed by atoms with Gasteiger partial charge in [0.1, 0.15) is 11.6 Å². The number of amides is 1. The van der Waals surface area contributed by atoms with Crippen LogP contribution in [0, 0.1) is 0 Å². The second-order valence-electron chi connectivity index (χ2n) is 7.20. The van der Waals surface area contributed by atoms with Gasteiger partial charge in [-0.25, -0.2) is 8.42 Å². The number of nitrogens with one attached hydrogen (secondary N) is 1. The normalized spacial score (nSPS) is 11.8. The molecule has 1 N–H and O–H groups in total. The van der Waals surface area contributed by atoms with Crippen molar-refractivity contribution in [2.45, 2.75) is 24.5 Å². The molecule has 0 aliphatic heterocycles. The van der Waals surface area contributed by atoms with Crippen LogP contribution in [-0.4, -0.2) is 25.4 Å². The van der Waals surface area contributed by atoms with Crippen molar-refractivity contribution in [3.63, 3.8) is 0 Å². The fraction of sp³-hybridized carbons (Fsp3) is 0.182. The van der Waals surface area contributed by atoms with E-state index in [1.165, 1.54) is 12.1 Å². The number of sulfonamides is 1. The third-order valence-electron chi connectivity index (χ3n) is 4.81. The van der Waals surface area contributed by atoms with Crippen LogP contribution in [0.15, 0.2) is 70.5 Å². The van der Waals surface area contributed by atoms with Gasteiger partial charge in [0.25, 0.3) is 15.6 Å². The topological polar surface area (TPSA) is 88.5 Å². The van der Waals surface area contributed by atoms with E-state index >= 15 is 0 Å². The van der Waals surface area contributed by atoms with Gasteiger partial charge in [-0.3, -0.25) is 13.9 Å². The van der Waals surface area contributed by atoms with Crippen molar-refractivity contribution in [1.29, 1.82) is 0 Å². The van der Waals surface area contributed by atoms with Crippen molar-refractivity contribution in [1.82, 2.24) is 4.57 Å². The number of hydrogen-bond acceptors (Lipinski definition) is 4. The zero-order valence-electron chi connectivity index (χ0n) is 18.0. The highest BCUT2D eigenvalue weighted by molar-refractivity contribution is 7.92. The first-order valence-corrected chi connectivity index (χ1v) is 12.2. The van der Waals surface area contributed by atoms with Gasteiger partial charge < -0.3 is 9.88 Å². The Hall–Kier alpha value is -3.02. The Balaban J connectivity index is 1.90. The van der Waals surface area contributed by atoms with Crippen LogP contribution in [0.1, 0.15) is 12.5 Å². The number of nitrogens with zero attached hydrogens (tertiary/aromatic N) is 2. The summed E-state index contributed by atoms with van der Waals surface area (Å²) in [7, 11) is -4.05. The Morgan fingerprint density at radius 3 is 2.31 bits per heavy atom. The lowest BCUT2D eigenvalue weighted by molar-refractivity contribution is -0.138. The molecule has 3 aromatic rings. The number of rotatable bonds is 7. The minimum atomic E-state index is -4.79. The molecule has 0 bridgehead atoms. The van der Waals surface area contributed by atoms with Gasteiger partial charge in [0.2, 0.25) is 5.91 Å². The first-order valence-electron chi connectivity index (χ1n) is 9.99. The largest absolute Gasteiger partial charge is 0.417 e. The average molecular weight is 548 g/mol. The van der Waals surface area contributed by atoms with Gasteiger partial charge in [-0.15, -0.1) is 0 Å². The van der Waals surface area contributed by atoms with Crippen LogP contribution in [0.4, 0.5) is 24.5 Å². The fourth-order valence-electron chi connectivity index (χ4n) is 3.19. The van der Waals surface area contributed by atoms with Gasteiger partial charge in [-0.2, -0.15) is 13.2 Å². The third-order valence-corrected chi connectivity index (χ3v) is 7.31. The highest BCUT2D eigenvalue weighted by atomic mass is 35.5. The van der Waals surface area contributed by atoms with Crippen LogP contribution in [0.2, 0.25) is 10.0 Å². The van der Waals surface area contributed by atoms with E-state index in [1.807, 2.05) is 0 Å². The predicted molar refractivity (Wildman–Crippen MR) is 127 cm³/mol. The molecule has 1 aromatic heterocycles. The molecule has 7 nitrogen and oxygen atoms in total. The van der Waals surface area contributed by atoms with Crippen LogP contribution in [-0.2, 0) is 27.5 Å². The van der Waals surface area contributed by atoms with Gasteiger partial charge in [-0.1, -0.05) is 41.4 Å². The molecule has 0 radical (unpaired) electrons. The zero-order chi connectivity index (χ0) is 26.0. The summed E-state index contributed by atoms with van der Waals surface area (Å²) in [4.78, 5) is 24.4. The quantitative estimate of drug-likeness (QED) is 0.449. The second-order valence-corrected chi connectivity index (χ2v) is 9.88. The fourth-order valence-corrected chi connectivity index (χ4v) is 5.08. The molecule has 0 saturated carbocycles. The summed E-state index contributed by atoms with van der Waals surface area (Å²) in [6, 6.07) is 12.5. The highest BCUT2D eigenvalue weighted by Gasteiger charge is 2.32. The van der Waals surface area contributed by atoms with E-state index in [-0.39, 0.29) is 22.2 Å². The standard InChI is InChI=1S/C22H18Cl2F3N3O4S/c1-2-30(15-6-4-3-5-7-15)35(33,34)16-8-9-17(23)19(11-16)28-20(31)13-29-12-14(22(25,26)27)10-18(24)21(29)32/h3-12H,2,13H2,1H3,(H,28,31). The maximum absolute atomic E-state index is 13.2. The number of halogens is 5. The number of carbonyl (C=O) groups excluding carboxylic acids is 1. The van der Waals surface area contributed by atoms with E-state index in [9.17, 15) is 31.2 Å². The van der Waals surface area contributed by atoms with Crippen molar-refractivity contribution < 1.29 is 26.4 Å². The molecule has 35 heavy (non-hydrogen) atoms. The van der Waals surface area contributed by atoms with Gasteiger partial charge in [-0.05, 0) is 43.3 Å². The summed E-state index contributed by atoms with van der Waals surface area (Å²) in [5.74, 6) is -0.922. The Labute approximate surface area is 208 Å². The zero-order valence-corrected chi connectivity index (χ0v) is 20.3. The molecular weight excluding hydrogens is 530 g/mol. The smallest absolute Gasteiger partial charge is 0.323 e.